The van der Waals surface area contributed by atoms with Crippen LogP contribution in [0.5, 0.6) is 0 Å². The topological polar surface area (TPSA) is 50.7 Å². The van der Waals surface area contributed by atoms with Crippen LogP contribution >= 0.6 is 0 Å². The Hall–Kier alpha value is -3.53. The Morgan fingerprint density at radius 3 is 2.12 bits per heavy atom. The molecule has 0 aliphatic rings. The Morgan fingerprint density at radius 2 is 1.38 bits per heavy atom. The van der Waals surface area contributed by atoms with Gasteiger partial charge in [0, 0.05) is 36.1 Å². The minimum atomic E-state index is 0.685. The van der Waals surface area contributed by atoms with E-state index in [9.17, 15) is 0 Å². The Kier molecular flexibility index (Phi) is 4.65. The summed E-state index contributed by atoms with van der Waals surface area (Å²) in [4.78, 5) is 13.5. The van der Waals surface area contributed by atoms with Crippen molar-refractivity contribution in [1.29, 1.82) is 0 Å². The van der Waals surface area contributed by atoms with Crippen LogP contribution in [0.3, 0.4) is 0 Å². The van der Waals surface area contributed by atoms with Crippen molar-refractivity contribution < 1.29 is 0 Å². The van der Waals surface area contributed by atoms with Gasteiger partial charge in [-0.3, -0.25) is 4.98 Å². The van der Waals surface area contributed by atoms with Crippen LogP contribution in [0.1, 0.15) is 5.56 Å². The van der Waals surface area contributed by atoms with E-state index >= 15 is 0 Å². The van der Waals surface area contributed by atoms with Crippen LogP contribution in [-0.2, 0) is 6.54 Å². The van der Waals surface area contributed by atoms with E-state index in [1.165, 1.54) is 5.56 Å². The monoisotopic (exact) mass is 338 g/mol. The molecule has 26 heavy (non-hydrogen) atoms. The Labute approximate surface area is 152 Å². The molecule has 0 saturated heterocycles. The fraction of sp³-hybridized carbons (Fsp3) is 0.0455. The number of rotatable bonds is 5. The standard InChI is InChI=1S/C22H18N4/c1-3-7-17(8-4-1)16-24-21-15-20(18-9-5-2-6-10-18)25-22(26-21)19-11-13-23-14-12-19/h1-15H,16H2,(H,24,25,26). The smallest absolute Gasteiger partial charge is 0.162 e. The van der Waals surface area contributed by atoms with Gasteiger partial charge in [-0.05, 0) is 17.7 Å². The van der Waals surface area contributed by atoms with Crippen molar-refractivity contribution in [3.8, 4) is 22.6 Å². The summed E-state index contributed by atoms with van der Waals surface area (Å²) < 4.78 is 0. The lowest BCUT2D eigenvalue weighted by molar-refractivity contribution is 1.09. The van der Waals surface area contributed by atoms with Gasteiger partial charge < -0.3 is 5.32 Å². The number of hydrogen-bond donors (Lipinski definition) is 1. The van der Waals surface area contributed by atoms with Gasteiger partial charge in [-0.25, -0.2) is 9.97 Å². The maximum Gasteiger partial charge on any atom is 0.162 e. The average molecular weight is 338 g/mol. The molecule has 0 unspecified atom stereocenters. The van der Waals surface area contributed by atoms with E-state index in [1.807, 2.05) is 54.6 Å². The third-order valence-corrected chi connectivity index (χ3v) is 4.05. The number of nitrogens with one attached hydrogen (secondary N) is 1. The average Bonchev–Trinajstić information content (AvgIpc) is 2.74. The van der Waals surface area contributed by atoms with Crippen LogP contribution in [0.2, 0.25) is 0 Å². The summed E-state index contributed by atoms with van der Waals surface area (Å²) in [5.74, 6) is 1.49. The summed E-state index contributed by atoms with van der Waals surface area (Å²) in [6.07, 6.45) is 3.51. The second kappa shape index (κ2) is 7.57. The van der Waals surface area contributed by atoms with Gasteiger partial charge in [0.1, 0.15) is 5.82 Å². The van der Waals surface area contributed by atoms with Gasteiger partial charge >= 0.3 is 0 Å². The first-order valence-electron chi connectivity index (χ1n) is 8.51. The van der Waals surface area contributed by atoms with Gasteiger partial charge in [-0.2, -0.15) is 0 Å². The number of nitrogens with zero attached hydrogens (tertiary/aromatic N) is 3. The van der Waals surface area contributed by atoms with E-state index in [-0.39, 0.29) is 0 Å². The lowest BCUT2D eigenvalue weighted by Crippen LogP contribution is -2.04. The van der Waals surface area contributed by atoms with Gasteiger partial charge in [-0.1, -0.05) is 60.7 Å². The second-order valence-electron chi connectivity index (χ2n) is 5.90. The van der Waals surface area contributed by atoms with Crippen LogP contribution in [0.15, 0.2) is 91.3 Å². The van der Waals surface area contributed by atoms with Crippen molar-refractivity contribution in [2.24, 2.45) is 0 Å². The molecule has 4 rings (SSSR count). The van der Waals surface area contributed by atoms with Crippen LogP contribution in [0, 0.1) is 0 Å². The predicted molar refractivity (Wildman–Crippen MR) is 104 cm³/mol. The Morgan fingerprint density at radius 1 is 0.692 bits per heavy atom. The van der Waals surface area contributed by atoms with Crippen molar-refractivity contribution in [1.82, 2.24) is 15.0 Å². The Balaban J connectivity index is 1.70. The molecule has 2 heterocycles. The molecule has 4 heteroatoms. The molecule has 0 spiro atoms. The molecule has 2 aromatic carbocycles. The summed E-state index contributed by atoms with van der Waals surface area (Å²) in [5.41, 5.74) is 4.11. The largest absolute Gasteiger partial charge is 0.366 e. The van der Waals surface area contributed by atoms with Gasteiger partial charge in [-0.15, -0.1) is 0 Å². The van der Waals surface area contributed by atoms with Crippen molar-refractivity contribution in [2.45, 2.75) is 6.54 Å². The second-order valence-corrected chi connectivity index (χ2v) is 5.90. The molecule has 0 saturated carbocycles. The molecular weight excluding hydrogens is 320 g/mol. The first-order valence-corrected chi connectivity index (χ1v) is 8.51. The van der Waals surface area contributed by atoms with Crippen LogP contribution in [-0.4, -0.2) is 15.0 Å². The van der Waals surface area contributed by atoms with Crippen LogP contribution < -0.4 is 5.32 Å². The van der Waals surface area contributed by atoms with Crippen LogP contribution in [0.4, 0.5) is 5.82 Å². The van der Waals surface area contributed by atoms with E-state index in [1.54, 1.807) is 12.4 Å². The lowest BCUT2D eigenvalue weighted by Gasteiger charge is -2.10. The number of anilines is 1. The fourth-order valence-corrected chi connectivity index (χ4v) is 2.71. The first kappa shape index (κ1) is 16.0. The molecule has 2 aromatic heterocycles. The highest BCUT2D eigenvalue weighted by Gasteiger charge is 2.08. The molecule has 1 N–H and O–H groups in total. The normalized spacial score (nSPS) is 10.5. The molecule has 0 aliphatic heterocycles. The van der Waals surface area contributed by atoms with Gasteiger partial charge in [0.15, 0.2) is 5.82 Å². The number of hydrogen-bond acceptors (Lipinski definition) is 4. The Bertz CT molecular complexity index is 913. The quantitative estimate of drug-likeness (QED) is 0.567. The molecule has 0 atom stereocenters. The van der Waals surface area contributed by atoms with Gasteiger partial charge in [0.25, 0.3) is 0 Å². The first-order chi connectivity index (χ1) is 12.9. The molecule has 0 amide bonds. The zero-order chi connectivity index (χ0) is 17.6. The molecular formula is C22H18N4. The molecule has 4 nitrogen and oxygen atoms in total. The molecule has 4 aromatic rings. The SMILES string of the molecule is c1ccc(CNc2cc(-c3ccccc3)nc(-c3ccncc3)n2)cc1. The lowest BCUT2D eigenvalue weighted by atomic mass is 10.1. The van der Waals surface area contributed by atoms with Crippen molar-refractivity contribution >= 4 is 5.82 Å². The van der Waals surface area contributed by atoms with Crippen molar-refractivity contribution in [2.75, 3.05) is 5.32 Å². The summed E-state index contributed by atoms with van der Waals surface area (Å²) in [6, 6.07) is 26.3. The maximum atomic E-state index is 4.75. The summed E-state index contributed by atoms with van der Waals surface area (Å²) in [5, 5.41) is 3.41. The third kappa shape index (κ3) is 3.75. The van der Waals surface area contributed by atoms with E-state index in [0.29, 0.717) is 12.4 Å². The molecule has 0 fully saturated rings. The predicted octanol–water partition coefficient (Wildman–Crippen LogP) is 4.82. The van der Waals surface area contributed by atoms with Crippen molar-refractivity contribution in [3.63, 3.8) is 0 Å². The highest BCUT2D eigenvalue weighted by Crippen LogP contribution is 2.24. The zero-order valence-electron chi connectivity index (χ0n) is 14.2. The van der Waals surface area contributed by atoms with Crippen LogP contribution in [0.25, 0.3) is 22.6 Å². The number of aromatic nitrogens is 3. The molecule has 0 radical (unpaired) electrons. The maximum absolute atomic E-state index is 4.75. The van der Waals surface area contributed by atoms with Crippen molar-refractivity contribution in [3.05, 3.63) is 96.8 Å². The van der Waals surface area contributed by atoms with E-state index in [2.05, 4.69) is 34.6 Å². The van der Waals surface area contributed by atoms with E-state index < -0.39 is 0 Å². The summed E-state index contributed by atoms with van der Waals surface area (Å²) >= 11 is 0. The summed E-state index contributed by atoms with van der Waals surface area (Å²) in [7, 11) is 0. The number of benzene rings is 2. The van der Waals surface area contributed by atoms with E-state index in [4.69, 9.17) is 9.97 Å². The molecule has 0 aliphatic carbocycles. The minimum Gasteiger partial charge on any atom is -0.366 e. The van der Waals surface area contributed by atoms with Gasteiger partial charge in [0.2, 0.25) is 0 Å². The highest BCUT2D eigenvalue weighted by molar-refractivity contribution is 5.67. The minimum absolute atomic E-state index is 0.685. The molecule has 126 valence electrons. The third-order valence-electron chi connectivity index (χ3n) is 4.05. The fourth-order valence-electron chi connectivity index (χ4n) is 2.71. The zero-order valence-corrected chi connectivity index (χ0v) is 14.2. The van der Waals surface area contributed by atoms with E-state index in [0.717, 1.165) is 22.6 Å². The van der Waals surface area contributed by atoms with Gasteiger partial charge in [0.05, 0.1) is 5.69 Å². The highest BCUT2D eigenvalue weighted by atomic mass is 15.0. The summed E-state index contributed by atoms with van der Waals surface area (Å²) in [6.45, 7) is 0.710. The number of pyridine rings is 1. The molecule has 0 bridgehead atoms.